The molecule has 0 spiro atoms. The molecule has 0 aliphatic heterocycles. The fourth-order valence-electron chi connectivity index (χ4n) is 2.32. The Balaban J connectivity index is 2.03. The van der Waals surface area contributed by atoms with Gasteiger partial charge in [0.15, 0.2) is 0 Å². The van der Waals surface area contributed by atoms with E-state index in [2.05, 4.69) is 31.9 Å². The molecule has 3 N–H and O–H groups in total. The standard InChI is InChI=1S/C17H19Br2NO2/c18-15-8-13(9-16(19)10-15)11-22-12-17(21,6-7-20)14-4-2-1-3-5-14/h1-5,8-10,21H,6-7,11-12,20H2. The van der Waals surface area contributed by atoms with E-state index >= 15 is 0 Å². The third-order valence-corrected chi connectivity index (χ3v) is 4.32. The van der Waals surface area contributed by atoms with Gasteiger partial charge >= 0.3 is 0 Å². The molecule has 0 aliphatic carbocycles. The molecule has 0 aromatic heterocycles. The average Bonchev–Trinajstić information content (AvgIpc) is 2.47. The molecular formula is C17H19Br2NO2. The van der Waals surface area contributed by atoms with Gasteiger partial charge in [-0.2, -0.15) is 0 Å². The number of hydrogen-bond donors (Lipinski definition) is 2. The van der Waals surface area contributed by atoms with Crippen molar-refractivity contribution < 1.29 is 9.84 Å². The number of ether oxygens (including phenoxy) is 1. The van der Waals surface area contributed by atoms with E-state index < -0.39 is 5.60 Å². The van der Waals surface area contributed by atoms with Crippen molar-refractivity contribution in [1.29, 1.82) is 0 Å². The Morgan fingerprint density at radius 1 is 1.05 bits per heavy atom. The summed E-state index contributed by atoms with van der Waals surface area (Å²) in [4.78, 5) is 0. The monoisotopic (exact) mass is 427 g/mol. The van der Waals surface area contributed by atoms with Crippen molar-refractivity contribution in [3.8, 4) is 0 Å². The Morgan fingerprint density at radius 3 is 2.27 bits per heavy atom. The summed E-state index contributed by atoms with van der Waals surface area (Å²) in [6.07, 6.45) is 0.458. The van der Waals surface area contributed by atoms with Crippen molar-refractivity contribution in [1.82, 2.24) is 0 Å². The number of benzene rings is 2. The van der Waals surface area contributed by atoms with Gasteiger partial charge < -0.3 is 15.6 Å². The summed E-state index contributed by atoms with van der Waals surface area (Å²) in [5.74, 6) is 0. The Labute approximate surface area is 147 Å². The highest BCUT2D eigenvalue weighted by molar-refractivity contribution is 9.11. The van der Waals surface area contributed by atoms with E-state index in [1.165, 1.54) is 0 Å². The van der Waals surface area contributed by atoms with Gasteiger partial charge in [0.05, 0.1) is 13.2 Å². The molecule has 1 unspecified atom stereocenters. The second kappa shape index (κ2) is 8.22. The minimum absolute atomic E-state index is 0.207. The van der Waals surface area contributed by atoms with Crippen LogP contribution in [0, 0.1) is 0 Å². The molecule has 0 amide bonds. The zero-order valence-electron chi connectivity index (χ0n) is 12.1. The first kappa shape index (κ1) is 17.6. The van der Waals surface area contributed by atoms with Crippen LogP contribution < -0.4 is 5.73 Å². The van der Waals surface area contributed by atoms with Gasteiger partial charge in [0.2, 0.25) is 0 Å². The molecule has 1 atom stereocenters. The van der Waals surface area contributed by atoms with Gasteiger partial charge in [-0.05, 0) is 42.3 Å². The molecule has 2 aromatic carbocycles. The zero-order chi connectivity index (χ0) is 16.0. The summed E-state index contributed by atoms with van der Waals surface area (Å²) in [5, 5.41) is 10.8. The maximum atomic E-state index is 10.8. The van der Waals surface area contributed by atoms with E-state index in [0.29, 0.717) is 19.6 Å². The van der Waals surface area contributed by atoms with Crippen LogP contribution in [0.1, 0.15) is 17.5 Å². The van der Waals surface area contributed by atoms with Crippen molar-refractivity contribution >= 4 is 31.9 Å². The molecule has 22 heavy (non-hydrogen) atoms. The van der Waals surface area contributed by atoms with Crippen LogP contribution in [-0.4, -0.2) is 18.3 Å². The highest BCUT2D eigenvalue weighted by atomic mass is 79.9. The normalized spacial score (nSPS) is 13.8. The predicted octanol–water partition coefficient (Wildman–Crippen LogP) is 3.96. The summed E-state index contributed by atoms with van der Waals surface area (Å²) < 4.78 is 7.73. The first-order chi connectivity index (χ1) is 10.5. The molecule has 0 radical (unpaired) electrons. The summed E-state index contributed by atoms with van der Waals surface area (Å²) >= 11 is 6.91. The van der Waals surface area contributed by atoms with Gasteiger partial charge in [0.25, 0.3) is 0 Å². The van der Waals surface area contributed by atoms with Crippen LogP contribution in [0.15, 0.2) is 57.5 Å². The lowest BCUT2D eigenvalue weighted by molar-refractivity contribution is -0.0602. The molecule has 2 aromatic rings. The summed E-state index contributed by atoms with van der Waals surface area (Å²) in [6, 6.07) is 15.5. The van der Waals surface area contributed by atoms with Crippen molar-refractivity contribution in [2.24, 2.45) is 5.73 Å². The minimum atomic E-state index is -1.06. The number of hydrogen-bond acceptors (Lipinski definition) is 3. The Bertz CT molecular complexity index is 587. The highest BCUT2D eigenvalue weighted by Gasteiger charge is 2.28. The molecule has 0 saturated carbocycles. The van der Waals surface area contributed by atoms with Crippen LogP contribution in [0.5, 0.6) is 0 Å². The number of rotatable bonds is 7. The van der Waals surface area contributed by atoms with Gasteiger partial charge in [-0.15, -0.1) is 0 Å². The van der Waals surface area contributed by atoms with Crippen molar-refractivity contribution in [3.05, 3.63) is 68.6 Å². The number of halogens is 2. The lowest BCUT2D eigenvalue weighted by Crippen LogP contribution is -2.34. The zero-order valence-corrected chi connectivity index (χ0v) is 15.3. The summed E-state index contributed by atoms with van der Waals surface area (Å²) in [5.41, 5.74) is 6.45. The van der Waals surface area contributed by atoms with Crippen LogP contribution in [0.2, 0.25) is 0 Å². The minimum Gasteiger partial charge on any atom is -0.383 e. The topological polar surface area (TPSA) is 55.5 Å². The molecule has 0 aliphatic rings. The molecule has 5 heteroatoms. The first-order valence-electron chi connectivity index (χ1n) is 7.04. The van der Waals surface area contributed by atoms with Crippen LogP contribution in [-0.2, 0) is 16.9 Å². The predicted molar refractivity (Wildman–Crippen MR) is 95.5 cm³/mol. The van der Waals surface area contributed by atoms with Gasteiger partial charge in [-0.1, -0.05) is 62.2 Å². The lowest BCUT2D eigenvalue weighted by atomic mass is 9.91. The van der Waals surface area contributed by atoms with E-state index in [4.69, 9.17) is 10.5 Å². The molecule has 0 bridgehead atoms. The van der Waals surface area contributed by atoms with E-state index in [1.807, 2.05) is 48.5 Å². The Morgan fingerprint density at radius 2 is 1.68 bits per heavy atom. The molecule has 0 saturated heterocycles. The fourth-order valence-corrected chi connectivity index (χ4v) is 3.71. The Kier molecular flexibility index (Phi) is 6.59. The molecule has 118 valence electrons. The molecule has 0 fully saturated rings. The third-order valence-electron chi connectivity index (χ3n) is 3.40. The van der Waals surface area contributed by atoms with Crippen LogP contribution in [0.4, 0.5) is 0 Å². The maximum Gasteiger partial charge on any atom is 0.114 e. The van der Waals surface area contributed by atoms with Crippen LogP contribution >= 0.6 is 31.9 Å². The lowest BCUT2D eigenvalue weighted by Gasteiger charge is -2.28. The summed E-state index contributed by atoms with van der Waals surface area (Å²) in [6.45, 7) is 1.04. The Hall–Kier alpha value is -0.720. The van der Waals surface area contributed by atoms with Crippen molar-refractivity contribution in [3.63, 3.8) is 0 Å². The maximum absolute atomic E-state index is 10.8. The van der Waals surface area contributed by atoms with E-state index in [-0.39, 0.29) is 6.61 Å². The molecule has 0 heterocycles. The van der Waals surface area contributed by atoms with E-state index in [1.54, 1.807) is 0 Å². The smallest absolute Gasteiger partial charge is 0.114 e. The van der Waals surface area contributed by atoms with Crippen molar-refractivity contribution in [2.45, 2.75) is 18.6 Å². The van der Waals surface area contributed by atoms with Crippen LogP contribution in [0.3, 0.4) is 0 Å². The first-order valence-corrected chi connectivity index (χ1v) is 8.63. The van der Waals surface area contributed by atoms with Gasteiger partial charge in [-0.3, -0.25) is 0 Å². The van der Waals surface area contributed by atoms with E-state index in [9.17, 15) is 5.11 Å². The second-order valence-corrected chi connectivity index (χ2v) is 7.04. The third kappa shape index (κ3) is 4.89. The molecule has 2 rings (SSSR count). The largest absolute Gasteiger partial charge is 0.383 e. The van der Waals surface area contributed by atoms with Crippen molar-refractivity contribution in [2.75, 3.05) is 13.2 Å². The highest BCUT2D eigenvalue weighted by Crippen LogP contribution is 2.26. The number of aliphatic hydroxyl groups is 1. The van der Waals surface area contributed by atoms with Gasteiger partial charge in [-0.25, -0.2) is 0 Å². The van der Waals surface area contributed by atoms with Gasteiger partial charge in [0, 0.05) is 8.95 Å². The van der Waals surface area contributed by atoms with Gasteiger partial charge in [0.1, 0.15) is 5.60 Å². The fraction of sp³-hybridized carbons (Fsp3) is 0.294. The molecular weight excluding hydrogens is 410 g/mol. The quantitative estimate of drug-likeness (QED) is 0.701. The number of nitrogens with two attached hydrogens (primary N) is 1. The van der Waals surface area contributed by atoms with Crippen LogP contribution in [0.25, 0.3) is 0 Å². The van der Waals surface area contributed by atoms with E-state index in [0.717, 1.165) is 20.1 Å². The SMILES string of the molecule is NCCC(O)(COCc1cc(Br)cc(Br)c1)c1ccccc1. The molecule has 3 nitrogen and oxygen atoms in total. The summed E-state index contributed by atoms with van der Waals surface area (Å²) in [7, 11) is 0. The average molecular weight is 429 g/mol. The second-order valence-electron chi connectivity index (χ2n) is 5.21.